The SMILES string of the molecule is O=C([C@H]1CCOC1)N(Cc1cccnc1)Cc1cccc2c1OCO2. The van der Waals surface area contributed by atoms with Gasteiger partial charge in [-0.05, 0) is 24.1 Å². The molecule has 0 N–H and O–H groups in total. The van der Waals surface area contributed by atoms with Crippen LogP contribution in [0.1, 0.15) is 17.5 Å². The number of hydrogen-bond donors (Lipinski definition) is 0. The van der Waals surface area contributed by atoms with Gasteiger partial charge < -0.3 is 19.1 Å². The molecule has 1 aromatic carbocycles. The summed E-state index contributed by atoms with van der Waals surface area (Å²) in [4.78, 5) is 19.0. The monoisotopic (exact) mass is 340 g/mol. The summed E-state index contributed by atoms with van der Waals surface area (Å²) in [5, 5.41) is 0. The number of para-hydroxylation sites is 1. The molecule has 0 spiro atoms. The van der Waals surface area contributed by atoms with E-state index in [0.717, 1.165) is 29.0 Å². The Kier molecular flexibility index (Phi) is 4.52. The molecule has 6 nitrogen and oxygen atoms in total. The number of rotatable bonds is 5. The lowest BCUT2D eigenvalue weighted by molar-refractivity contribution is -0.136. The summed E-state index contributed by atoms with van der Waals surface area (Å²) >= 11 is 0. The van der Waals surface area contributed by atoms with Gasteiger partial charge in [0.15, 0.2) is 11.5 Å². The Balaban J connectivity index is 1.58. The van der Waals surface area contributed by atoms with E-state index in [1.165, 1.54) is 0 Å². The number of aromatic nitrogens is 1. The molecule has 130 valence electrons. The Hall–Kier alpha value is -2.60. The number of hydrogen-bond acceptors (Lipinski definition) is 5. The molecule has 1 fully saturated rings. The summed E-state index contributed by atoms with van der Waals surface area (Å²) in [6.45, 7) is 2.34. The molecule has 1 atom stereocenters. The number of ether oxygens (including phenoxy) is 3. The molecule has 0 aliphatic carbocycles. The zero-order chi connectivity index (χ0) is 17.1. The van der Waals surface area contributed by atoms with E-state index in [-0.39, 0.29) is 18.6 Å². The molecular formula is C19H20N2O4. The maximum absolute atomic E-state index is 13.0. The Bertz CT molecular complexity index is 744. The molecule has 0 bridgehead atoms. The predicted octanol–water partition coefficient (Wildman–Crippen LogP) is 2.38. The molecular weight excluding hydrogens is 320 g/mol. The Labute approximate surface area is 146 Å². The molecule has 0 unspecified atom stereocenters. The maximum atomic E-state index is 13.0. The molecule has 1 amide bonds. The third-order valence-corrected chi connectivity index (χ3v) is 4.53. The largest absolute Gasteiger partial charge is 0.454 e. The standard InChI is InChI=1S/C19H20N2O4/c22-19(16-6-8-23-12-16)21(10-14-3-2-7-20-9-14)11-15-4-1-5-17-18(15)25-13-24-17/h1-5,7,9,16H,6,8,10-13H2/t16-/m0/s1. The molecule has 2 aromatic rings. The molecule has 3 heterocycles. The minimum Gasteiger partial charge on any atom is -0.454 e. The summed E-state index contributed by atoms with van der Waals surface area (Å²) < 4.78 is 16.4. The van der Waals surface area contributed by atoms with Crippen molar-refractivity contribution in [3.05, 3.63) is 53.9 Å². The van der Waals surface area contributed by atoms with Gasteiger partial charge in [-0.1, -0.05) is 18.2 Å². The Morgan fingerprint density at radius 3 is 2.96 bits per heavy atom. The number of pyridine rings is 1. The third kappa shape index (κ3) is 3.44. The number of benzene rings is 1. The van der Waals surface area contributed by atoms with Crippen LogP contribution in [0.5, 0.6) is 11.5 Å². The minimum atomic E-state index is -0.0781. The average molecular weight is 340 g/mol. The predicted molar refractivity (Wildman–Crippen MR) is 90.0 cm³/mol. The topological polar surface area (TPSA) is 60.9 Å². The van der Waals surface area contributed by atoms with Gasteiger partial charge >= 0.3 is 0 Å². The van der Waals surface area contributed by atoms with E-state index < -0.39 is 0 Å². The van der Waals surface area contributed by atoms with Gasteiger partial charge in [0.25, 0.3) is 0 Å². The first-order valence-electron chi connectivity index (χ1n) is 8.44. The molecule has 4 rings (SSSR count). The van der Waals surface area contributed by atoms with Crippen LogP contribution < -0.4 is 9.47 Å². The first-order chi connectivity index (χ1) is 12.3. The third-order valence-electron chi connectivity index (χ3n) is 4.53. The van der Waals surface area contributed by atoms with Crippen molar-refractivity contribution < 1.29 is 19.0 Å². The van der Waals surface area contributed by atoms with Gasteiger partial charge in [0.05, 0.1) is 12.5 Å². The van der Waals surface area contributed by atoms with Crippen molar-refractivity contribution in [3.8, 4) is 11.5 Å². The molecule has 1 saturated heterocycles. The van der Waals surface area contributed by atoms with Crippen LogP contribution >= 0.6 is 0 Å². The van der Waals surface area contributed by atoms with Crippen molar-refractivity contribution in [1.29, 1.82) is 0 Å². The summed E-state index contributed by atoms with van der Waals surface area (Å²) in [7, 11) is 0. The molecule has 2 aliphatic heterocycles. The van der Waals surface area contributed by atoms with Crippen LogP contribution in [-0.2, 0) is 22.6 Å². The van der Waals surface area contributed by atoms with Crippen LogP contribution in [0.2, 0.25) is 0 Å². The van der Waals surface area contributed by atoms with Crippen LogP contribution in [0, 0.1) is 5.92 Å². The lowest BCUT2D eigenvalue weighted by Crippen LogP contribution is -2.35. The maximum Gasteiger partial charge on any atom is 0.231 e. The summed E-state index contributed by atoms with van der Waals surface area (Å²) in [6, 6.07) is 9.64. The lowest BCUT2D eigenvalue weighted by Gasteiger charge is -2.26. The second-order valence-corrected chi connectivity index (χ2v) is 6.27. The number of amides is 1. The second kappa shape index (κ2) is 7.11. The van der Waals surface area contributed by atoms with Gasteiger partial charge in [-0.25, -0.2) is 0 Å². The van der Waals surface area contributed by atoms with E-state index >= 15 is 0 Å². The Morgan fingerprint density at radius 2 is 2.16 bits per heavy atom. The van der Waals surface area contributed by atoms with Gasteiger partial charge in [-0.15, -0.1) is 0 Å². The van der Waals surface area contributed by atoms with E-state index in [1.807, 2.05) is 35.2 Å². The highest BCUT2D eigenvalue weighted by Gasteiger charge is 2.29. The van der Waals surface area contributed by atoms with Gasteiger partial charge in [-0.2, -0.15) is 0 Å². The molecule has 0 radical (unpaired) electrons. The highest BCUT2D eigenvalue weighted by atomic mass is 16.7. The number of carbonyl (C=O) groups excluding carboxylic acids is 1. The fourth-order valence-corrected chi connectivity index (χ4v) is 3.23. The minimum absolute atomic E-state index is 0.0781. The van der Waals surface area contributed by atoms with Crippen molar-refractivity contribution in [2.75, 3.05) is 20.0 Å². The first kappa shape index (κ1) is 15.9. The van der Waals surface area contributed by atoms with Crippen molar-refractivity contribution in [3.63, 3.8) is 0 Å². The van der Waals surface area contributed by atoms with Gasteiger partial charge in [0.2, 0.25) is 12.7 Å². The van der Waals surface area contributed by atoms with Crippen LogP contribution in [0.3, 0.4) is 0 Å². The van der Waals surface area contributed by atoms with Crippen LogP contribution in [0.15, 0.2) is 42.7 Å². The van der Waals surface area contributed by atoms with E-state index in [4.69, 9.17) is 14.2 Å². The van der Waals surface area contributed by atoms with Crippen molar-refractivity contribution >= 4 is 5.91 Å². The summed E-state index contributed by atoms with van der Waals surface area (Å²) in [5.41, 5.74) is 1.95. The van der Waals surface area contributed by atoms with E-state index in [0.29, 0.717) is 26.3 Å². The summed E-state index contributed by atoms with van der Waals surface area (Å²) in [6.07, 6.45) is 4.30. The highest BCUT2D eigenvalue weighted by molar-refractivity contribution is 5.79. The molecule has 25 heavy (non-hydrogen) atoms. The fourth-order valence-electron chi connectivity index (χ4n) is 3.23. The highest BCUT2D eigenvalue weighted by Crippen LogP contribution is 2.36. The first-order valence-corrected chi connectivity index (χ1v) is 8.44. The van der Waals surface area contributed by atoms with Gasteiger partial charge in [0, 0.05) is 37.7 Å². The van der Waals surface area contributed by atoms with Gasteiger partial charge in [-0.3, -0.25) is 9.78 Å². The smallest absolute Gasteiger partial charge is 0.231 e. The molecule has 2 aliphatic rings. The van der Waals surface area contributed by atoms with E-state index in [9.17, 15) is 4.79 Å². The molecule has 1 aromatic heterocycles. The quantitative estimate of drug-likeness (QED) is 0.836. The van der Waals surface area contributed by atoms with E-state index in [1.54, 1.807) is 12.4 Å². The number of fused-ring (bicyclic) bond motifs is 1. The van der Waals surface area contributed by atoms with Gasteiger partial charge in [0.1, 0.15) is 0 Å². The van der Waals surface area contributed by atoms with Crippen molar-refractivity contribution in [2.24, 2.45) is 5.92 Å². The fraction of sp³-hybridized carbons (Fsp3) is 0.368. The molecule has 0 saturated carbocycles. The van der Waals surface area contributed by atoms with Crippen LogP contribution in [-0.4, -0.2) is 35.8 Å². The molecule has 6 heteroatoms. The van der Waals surface area contributed by atoms with Crippen molar-refractivity contribution in [1.82, 2.24) is 9.88 Å². The number of nitrogens with zero attached hydrogens (tertiary/aromatic N) is 2. The lowest BCUT2D eigenvalue weighted by atomic mass is 10.1. The average Bonchev–Trinajstić information content (AvgIpc) is 3.33. The summed E-state index contributed by atoms with van der Waals surface area (Å²) in [5.74, 6) is 1.49. The van der Waals surface area contributed by atoms with E-state index in [2.05, 4.69) is 4.98 Å². The normalized spacial score (nSPS) is 18.3. The Morgan fingerprint density at radius 1 is 1.20 bits per heavy atom. The zero-order valence-electron chi connectivity index (χ0n) is 13.9. The number of carbonyl (C=O) groups is 1. The zero-order valence-corrected chi connectivity index (χ0v) is 13.9. The van der Waals surface area contributed by atoms with Crippen molar-refractivity contribution in [2.45, 2.75) is 19.5 Å². The van der Waals surface area contributed by atoms with Crippen LogP contribution in [0.4, 0.5) is 0 Å². The second-order valence-electron chi connectivity index (χ2n) is 6.27. The van der Waals surface area contributed by atoms with Crippen LogP contribution in [0.25, 0.3) is 0 Å².